The van der Waals surface area contributed by atoms with E-state index in [9.17, 15) is 33.3 Å². The second-order valence-electron chi connectivity index (χ2n) is 11.6. The van der Waals surface area contributed by atoms with E-state index in [2.05, 4.69) is 44.1 Å². The monoisotopic (exact) mass is 597 g/mol. The number of benzene rings is 2. The van der Waals surface area contributed by atoms with Gasteiger partial charge in [-0.1, -0.05) is 31.2 Å². The Balaban J connectivity index is 1.64. The Labute approximate surface area is 251 Å². The fourth-order valence-electron chi connectivity index (χ4n) is 4.98. The number of nitrogens with zero attached hydrogens (tertiary/aromatic N) is 7. The quantitative estimate of drug-likeness (QED) is 0.188. The molecule has 14 heteroatoms. The number of hydrogen-bond donors (Lipinski definition) is 2. The predicted octanol–water partition coefficient (Wildman–Crippen LogP) is 5.59. The lowest BCUT2D eigenvalue weighted by Gasteiger charge is -2.32. The molecule has 9 nitrogen and oxygen atoms in total. The van der Waals surface area contributed by atoms with Crippen LogP contribution in [0, 0.1) is 45.2 Å². The maximum absolute atomic E-state index is 13.9. The summed E-state index contributed by atoms with van der Waals surface area (Å²) in [7, 11) is 6.86. The van der Waals surface area contributed by atoms with E-state index in [0.29, 0.717) is 17.6 Å². The van der Waals surface area contributed by atoms with Crippen molar-refractivity contribution in [2.75, 3.05) is 17.2 Å². The number of hydrogen-bond acceptors (Lipinski definition) is 8. The zero-order valence-corrected chi connectivity index (χ0v) is 23.7. The standard InChI is InChI=1S/C30H24BF4N9/c1-27(2,9-10-36)17-40-26-19(14-38)15-39-25-18(13-37)11-22(12-23(25)26)41-29(31,20-3-5-21(32)6-4-20)24-16-44(43-42-24)28(7-8-28)30(33,34)35/h3-6,11-12,15-16,41H,7-9,17H2,1-2H3,(H,39,40). The molecule has 0 saturated heterocycles. The minimum atomic E-state index is -4.56. The van der Waals surface area contributed by atoms with E-state index in [1.165, 1.54) is 24.4 Å². The third-order valence-corrected chi connectivity index (χ3v) is 7.74. The molecule has 0 aliphatic heterocycles. The molecule has 5 rings (SSSR count). The van der Waals surface area contributed by atoms with Crippen molar-refractivity contribution in [2.24, 2.45) is 5.41 Å². The number of fused-ring (bicyclic) bond motifs is 1. The minimum Gasteiger partial charge on any atom is -0.383 e. The number of halogens is 4. The van der Waals surface area contributed by atoms with Crippen LogP contribution in [0.25, 0.3) is 10.9 Å². The summed E-state index contributed by atoms with van der Waals surface area (Å²) in [6.07, 6.45) is -2.18. The molecule has 0 amide bonds. The number of nitrogens with one attached hydrogen (secondary N) is 2. The normalized spacial score (nSPS) is 15.4. The highest BCUT2D eigenvalue weighted by molar-refractivity contribution is 6.19. The Morgan fingerprint density at radius 1 is 1.05 bits per heavy atom. The van der Waals surface area contributed by atoms with Crippen LogP contribution in [-0.2, 0) is 11.0 Å². The summed E-state index contributed by atoms with van der Waals surface area (Å²) in [6.45, 7) is 4.08. The molecule has 44 heavy (non-hydrogen) atoms. The smallest absolute Gasteiger partial charge is 0.383 e. The molecule has 2 aromatic carbocycles. The highest BCUT2D eigenvalue weighted by Gasteiger charge is 2.66. The number of nitriles is 3. The Morgan fingerprint density at radius 2 is 1.73 bits per heavy atom. The fourth-order valence-corrected chi connectivity index (χ4v) is 4.98. The first-order chi connectivity index (χ1) is 20.8. The number of aromatic nitrogens is 4. The van der Waals surface area contributed by atoms with Crippen molar-refractivity contribution in [3.8, 4) is 18.2 Å². The average molecular weight is 597 g/mol. The van der Waals surface area contributed by atoms with Crippen LogP contribution in [0.15, 0.2) is 48.8 Å². The van der Waals surface area contributed by atoms with Crippen molar-refractivity contribution in [1.29, 1.82) is 15.8 Å². The highest BCUT2D eigenvalue weighted by atomic mass is 19.4. The molecule has 220 valence electrons. The average Bonchev–Trinajstić information content (AvgIpc) is 3.65. The molecular weight excluding hydrogens is 573 g/mol. The van der Waals surface area contributed by atoms with E-state index < -0.39 is 28.4 Å². The minimum absolute atomic E-state index is 0.0845. The van der Waals surface area contributed by atoms with Crippen molar-refractivity contribution >= 4 is 30.1 Å². The van der Waals surface area contributed by atoms with Crippen LogP contribution in [0.3, 0.4) is 0 Å². The van der Waals surface area contributed by atoms with Crippen LogP contribution in [0.4, 0.5) is 28.9 Å². The van der Waals surface area contributed by atoms with Crippen molar-refractivity contribution in [3.05, 3.63) is 77.0 Å². The van der Waals surface area contributed by atoms with Gasteiger partial charge in [-0.05, 0) is 48.1 Å². The predicted molar refractivity (Wildman–Crippen MR) is 154 cm³/mol. The van der Waals surface area contributed by atoms with Crippen LogP contribution in [0.2, 0.25) is 0 Å². The number of rotatable bonds is 9. The van der Waals surface area contributed by atoms with Gasteiger partial charge in [-0.15, -0.1) is 5.10 Å². The first kappa shape index (κ1) is 30.3. The van der Waals surface area contributed by atoms with Crippen LogP contribution in [0.1, 0.15) is 55.5 Å². The Morgan fingerprint density at radius 3 is 2.32 bits per heavy atom. The summed E-state index contributed by atoms with van der Waals surface area (Å²) < 4.78 is 56.2. The second-order valence-corrected chi connectivity index (χ2v) is 11.6. The maximum Gasteiger partial charge on any atom is 0.413 e. The summed E-state index contributed by atoms with van der Waals surface area (Å²) in [5.41, 5.74) is -3.10. The van der Waals surface area contributed by atoms with Crippen molar-refractivity contribution < 1.29 is 17.6 Å². The first-order valence-corrected chi connectivity index (χ1v) is 13.5. The van der Waals surface area contributed by atoms with Gasteiger partial charge in [0.1, 0.15) is 31.5 Å². The zero-order chi connectivity index (χ0) is 31.9. The second kappa shape index (κ2) is 10.8. The molecule has 2 heterocycles. The molecule has 1 unspecified atom stereocenters. The lowest BCUT2D eigenvalue weighted by Crippen LogP contribution is -2.38. The van der Waals surface area contributed by atoms with Crippen molar-refractivity contribution in [2.45, 2.75) is 50.3 Å². The lowest BCUT2D eigenvalue weighted by molar-refractivity contribution is -0.182. The van der Waals surface area contributed by atoms with Gasteiger partial charge in [-0.25, -0.2) is 9.07 Å². The topological polar surface area (TPSA) is 139 Å². The van der Waals surface area contributed by atoms with Gasteiger partial charge in [-0.3, -0.25) is 4.98 Å². The molecule has 2 radical (unpaired) electrons. The lowest BCUT2D eigenvalue weighted by atomic mass is 9.69. The van der Waals surface area contributed by atoms with Gasteiger partial charge in [0, 0.05) is 30.2 Å². The first-order valence-electron chi connectivity index (χ1n) is 13.5. The molecular formula is C30H24BF4N9. The molecule has 1 saturated carbocycles. The molecule has 1 atom stereocenters. The third-order valence-electron chi connectivity index (χ3n) is 7.74. The number of pyridine rings is 1. The van der Waals surface area contributed by atoms with E-state index in [4.69, 9.17) is 7.85 Å². The number of anilines is 2. The SMILES string of the molecule is [B]C(Nc1cc(C#N)c2ncc(C#N)c(NCC(C)(C)CC#N)c2c1)(c1ccc(F)cc1)c1cn(C2(C(F)(F)F)CC2)nn1. The van der Waals surface area contributed by atoms with E-state index in [0.717, 1.165) is 23.0 Å². The van der Waals surface area contributed by atoms with Gasteiger partial charge in [-0.2, -0.15) is 29.0 Å². The Hall–Kier alpha value is -5.16. The fraction of sp³-hybridized carbons (Fsp3) is 0.333. The van der Waals surface area contributed by atoms with Gasteiger partial charge < -0.3 is 10.6 Å². The summed E-state index contributed by atoms with van der Waals surface area (Å²) in [4.78, 5) is 4.32. The van der Waals surface area contributed by atoms with Crippen molar-refractivity contribution in [1.82, 2.24) is 20.0 Å². The Kier molecular flexibility index (Phi) is 7.47. The van der Waals surface area contributed by atoms with Crippen LogP contribution < -0.4 is 10.6 Å². The summed E-state index contributed by atoms with van der Waals surface area (Å²) in [5, 5.41) is 43.5. The molecule has 1 aliphatic carbocycles. The molecule has 1 aliphatic rings. The highest BCUT2D eigenvalue weighted by Crippen LogP contribution is 2.55. The van der Waals surface area contributed by atoms with Gasteiger partial charge in [0.05, 0.1) is 40.0 Å². The zero-order valence-electron chi connectivity index (χ0n) is 23.7. The van der Waals surface area contributed by atoms with E-state index >= 15 is 0 Å². The molecule has 2 N–H and O–H groups in total. The molecule has 2 aromatic heterocycles. The summed E-state index contributed by atoms with van der Waals surface area (Å²) in [6, 6.07) is 14.4. The largest absolute Gasteiger partial charge is 0.413 e. The van der Waals surface area contributed by atoms with Crippen LogP contribution >= 0.6 is 0 Å². The molecule has 4 aromatic rings. The summed E-state index contributed by atoms with van der Waals surface area (Å²) in [5.74, 6) is -0.559. The van der Waals surface area contributed by atoms with E-state index in [-0.39, 0.29) is 52.9 Å². The van der Waals surface area contributed by atoms with Gasteiger partial charge >= 0.3 is 6.18 Å². The Bertz CT molecular complexity index is 1860. The third kappa shape index (κ3) is 5.38. The summed E-state index contributed by atoms with van der Waals surface area (Å²) >= 11 is 0. The van der Waals surface area contributed by atoms with Gasteiger partial charge in [0.25, 0.3) is 0 Å². The molecule has 0 bridgehead atoms. The van der Waals surface area contributed by atoms with Crippen molar-refractivity contribution in [3.63, 3.8) is 0 Å². The molecule has 1 fully saturated rings. The maximum atomic E-state index is 13.9. The van der Waals surface area contributed by atoms with Gasteiger partial charge in [0.2, 0.25) is 0 Å². The van der Waals surface area contributed by atoms with Crippen LogP contribution in [0.5, 0.6) is 0 Å². The van der Waals surface area contributed by atoms with E-state index in [1.807, 2.05) is 13.8 Å². The van der Waals surface area contributed by atoms with E-state index in [1.54, 1.807) is 6.07 Å². The van der Waals surface area contributed by atoms with Crippen LogP contribution in [-0.4, -0.2) is 40.5 Å². The number of alkyl halides is 3. The van der Waals surface area contributed by atoms with Gasteiger partial charge in [0.15, 0.2) is 5.54 Å². The molecule has 0 spiro atoms.